The van der Waals surface area contributed by atoms with E-state index in [0.717, 1.165) is 5.56 Å². The number of nitrogens with zero attached hydrogens (tertiary/aromatic N) is 2. The van der Waals surface area contributed by atoms with E-state index in [1.807, 2.05) is 0 Å². The lowest BCUT2D eigenvalue weighted by Gasteiger charge is -1.99. The summed E-state index contributed by atoms with van der Waals surface area (Å²) in [6, 6.07) is 9.42. The van der Waals surface area contributed by atoms with Crippen molar-refractivity contribution >= 4 is 11.6 Å². The maximum atomic E-state index is 12.9. The van der Waals surface area contributed by atoms with Crippen LogP contribution in [0.1, 0.15) is 33.5 Å². The fourth-order valence-corrected chi connectivity index (χ4v) is 2.38. The Bertz CT molecular complexity index is 915. The molecule has 2 aromatic heterocycles. The molecule has 0 unspecified atom stereocenters. The van der Waals surface area contributed by atoms with Gasteiger partial charge in [-0.1, -0.05) is 12.1 Å². The topological polar surface area (TPSA) is 98.1 Å². The highest BCUT2D eigenvalue weighted by Gasteiger charge is 2.22. The fourth-order valence-electron chi connectivity index (χ4n) is 2.38. The maximum Gasteiger partial charge on any atom is 0.268 e. The summed E-state index contributed by atoms with van der Waals surface area (Å²) < 4.78 is 23.4. The van der Waals surface area contributed by atoms with Gasteiger partial charge in [0.05, 0.1) is 6.42 Å². The number of rotatable bonds is 8. The average Bonchev–Trinajstić information content (AvgIpc) is 3.26. The molecule has 0 atom stereocenters. The first-order valence-electron chi connectivity index (χ1n) is 7.85. The summed E-state index contributed by atoms with van der Waals surface area (Å²) in [4.78, 5) is 28.1. The van der Waals surface area contributed by atoms with Crippen molar-refractivity contribution in [1.29, 1.82) is 0 Å². The Morgan fingerprint density at radius 2 is 1.88 bits per heavy atom. The number of H-pyrrole nitrogens is 1. The highest BCUT2D eigenvalue weighted by atomic mass is 19.1. The molecule has 7 nitrogen and oxygen atoms in total. The molecule has 2 heterocycles. The number of carbonyl (C=O) groups excluding carboxylic acids is 2. The Hall–Kier alpha value is -3.13. The fraction of sp³-hybridized carbons (Fsp3) is 0.222. The van der Waals surface area contributed by atoms with Crippen LogP contribution in [0.25, 0.3) is 0 Å². The number of nitrogens with one attached hydrogen (secondary N) is 1. The van der Waals surface area contributed by atoms with Gasteiger partial charge in [-0.05, 0) is 29.8 Å². The SMILES string of the molecule is COCc1nc(C(=O)C(=O)Cc2ccc(Cc3ccc(F)cc3)o2)n[nH]1. The van der Waals surface area contributed by atoms with Gasteiger partial charge >= 0.3 is 0 Å². The summed E-state index contributed by atoms with van der Waals surface area (Å²) in [6.07, 6.45) is 0.278. The number of Topliss-reactive ketones (excluding diaryl/α,β-unsaturated/α-hetero) is 2. The third kappa shape index (κ3) is 4.28. The quantitative estimate of drug-likeness (QED) is 0.490. The first-order chi connectivity index (χ1) is 12.5. The summed E-state index contributed by atoms with van der Waals surface area (Å²) in [5.41, 5.74) is 0.876. The van der Waals surface area contributed by atoms with Crippen LogP contribution in [0.15, 0.2) is 40.8 Å². The molecule has 0 saturated carbocycles. The minimum Gasteiger partial charge on any atom is -0.465 e. The van der Waals surface area contributed by atoms with E-state index < -0.39 is 11.6 Å². The number of methoxy groups -OCH3 is 1. The minimum absolute atomic E-state index is 0.166. The van der Waals surface area contributed by atoms with E-state index >= 15 is 0 Å². The van der Waals surface area contributed by atoms with Crippen molar-refractivity contribution in [1.82, 2.24) is 15.2 Å². The van der Waals surface area contributed by atoms with E-state index in [1.165, 1.54) is 19.2 Å². The van der Waals surface area contributed by atoms with Crippen molar-refractivity contribution < 1.29 is 23.1 Å². The van der Waals surface area contributed by atoms with Crippen LogP contribution in [0.2, 0.25) is 0 Å². The minimum atomic E-state index is -0.792. The molecule has 0 amide bonds. The van der Waals surface area contributed by atoms with Gasteiger partial charge < -0.3 is 9.15 Å². The van der Waals surface area contributed by atoms with Gasteiger partial charge in [-0.2, -0.15) is 0 Å². The first-order valence-corrected chi connectivity index (χ1v) is 7.85. The number of hydrogen-bond donors (Lipinski definition) is 1. The van der Waals surface area contributed by atoms with E-state index in [-0.39, 0.29) is 24.7 Å². The lowest BCUT2D eigenvalue weighted by molar-refractivity contribution is -0.114. The van der Waals surface area contributed by atoms with Crippen LogP contribution in [0, 0.1) is 5.82 Å². The van der Waals surface area contributed by atoms with Crippen LogP contribution in [-0.4, -0.2) is 33.9 Å². The molecule has 1 aromatic carbocycles. The Morgan fingerprint density at radius 3 is 2.62 bits per heavy atom. The van der Waals surface area contributed by atoms with Gasteiger partial charge in [-0.3, -0.25) is 14.7 Å². The van der Waals surface area contributed by atoms with Gasteiger partial charge in [0.1, 0.15) is 23.9 Å². The van der Waals surface area contributed by atoms with Gasteiger partial charge in [-0.25, -0.2) is 9.37 Å². The lowest BCUT2D eigenvalue weighted by Crippen LogP contribution is -2.18. The third-order valence-corrected chi connectivity index (χ3v) is 3.61. The third-order valence-electron chi connectivity index (χ3n) is 3.61. The lowest BCUT2D eigenvalue weighted by atomic mass is 10.1. The molecule has 0 bridgehead atoms. The normalized spacial score (nSPS) is 10.8. The predicted octanol–water partition coefficient (Wildman–Crippen LogP) is 2.27. The number of benzene rings is 1. The van der Waals surface area contributed by atoms with Crippen molar-refractivity contribution in [2.24, 2.45) is 0 Å². The number of furan rings is 1. The summed E-state index contributed by atoms with van der Waals surface area (Å²) in [7, 11) is 1.48. The average molecular weight is 357 g/mol. The first kappa shape index (κ1) is 17.7. The number of carbonyl (C=O) groups is 2. The van der Waals surface area contributed by atoms with Crippen molar-refractivity contribution in [3.05, 3.63) is 70.9 Å². The van der Waals surface area contributed by atoms with Crippen LogP contribution >= 0.6 is 0 Å². The van der Waals surface area contributed by atoms with E-state index in [1.54, 1.807) is 24.3 Å². The van der Waals surface area contributed by atoms with Crippen molar-refractivity contribution in [2.45, 2.75) is 19.4 Å². The zero-order valence-electron chi connectivity index (χ0n) is 14.0. The van der Waals surface area contributed by atoms with Gasteiger partial charge in [0.2, 0.25) is 11.6 Å². The van der Waals surface area contributed by atoms with Crippen LogP contribution in [0.5, 0.6) is 0 Å². The molecular weight excluding hydrogens is 341 g/mol. The smallest absolute Gasteiger partial charge is 0.268 e. The van der Waals surface area contributed by atoms with Gasteiger partial charge in [0.25, 0.3) is 5.78 Å². The molecule has 3 rings (SSSR count). The molecular formula is C18H16FN3O4. The van der Waals surface area contributed by atoms with Crippen LogP contribution in [0.3, 0.4) is 0 Å². The maximum absolute atomic E-state index is 12.9. The molecule has 0 saturated heterocycles. The Balaban J connectivity index is 1.61. The van der Waals surface area contributed by atoms with E-state index in [0.29, 0.717) is 23.8 Å². The monoisotopic (exact) mass is 357 g/mol. The van der Waals surface area contributed by atoms with Crippen LogP contribution < -0.4 is 0 Å². The van der Waals surface area contributed by atoms with Crippen LogP contribution in [0.4, 0.5) is 4.39 Å². The van der Waals surface area contributed by atoms with E-state index in [9.17, 15) is 14.0 Å². The zero-order chi connectivity index (χ0) is 18.5. The van der Waals surface area contributed by atoms with Crippen molar-refractivity contribution in [3.8, 4) is 0 Å². The number of ether oxygens (including phenoxy) is 1. The van der Waals surface area contributed by atoms with Crippen molar-refractivity contribution in [3.63, 3.8) is 0 Å². The van der Waals surface area contributed by atoms with Gasteiger partial charge in [0.15, 0.2) is 5.82 Å². The number of ketones is 2. The highest BCUT2D eigenvalue weighted by Crippen LogP contribution is 2.15. The molecule has 26 heavy (non-hydrogen) atoms. The largest absolute Gasteiger partial charge is 0.465 e. The Morgan fingerprint density at radius 1 is 1.15 bits per heavy atom. The molecule has 134 valence electrons. The zero-order valence-corrected chi connectivity index (χ0v) is 14.0. The molecule has 0 spiro atoms. The van der Waals surface area contributed by atoms with Crippen LogP contribution in [-0.2, 0) is 29.0 Å². The van der Waals surface area contributed by atoms with E-state index in [2.05, 4.69) is 15.2 Å². The van der Waals surface area contributed by atoms with Gasteiger partial charge in [0, 0.05) is 13.5 Å². The Labute approximate surface area is 148 Å². The predicted molar refractivity (Wildman–Crippen MR) is 88.1 cm³/mol. The summed E-state index contributed by atoms with van der Waals surface area (Å²) in [5.74, 6) is -0.613. The summed E-state index contributed by atoms with van der Waals surface area (Å²) >= 11 is 0. The Kier molecular flexibility index (Phi) is 5.33. The number of hydrogen-bond acceptors (Lipinski definition) is 6. The van der Waals surface area contributed by atoms with E-state index in [4.69, 9.17) is 9.15 Å². The molecule has 1 N–H and O–H groups in total. The molecule has 0 aliphatic heterocycles. The summed E-state index contributed by atoms with van der Waals surface area (Å²) in [5, 5.41) is 6.25. The molecule has 0 radical (unpaired) electrons. The second kappa shape index (κ2) is 7.83. The second-order valence-corrected chi connectivity index (χ2v) is 5.64. The molecule has 0 fully saturated rings. The standard InChI is InChI=1S/C18H16FN3O4/c1-25-10-16-20-18(22-21-16)17(24)15(23)9-14-7-6-13(26-14)8-11-2-4-12(19)5-3-11/h2-7H,8-10H2,1H3,(H,20,21,22). The molecule has 3 aromatic rings. The molecule has 0 aliphatic rings. The molecule has 0 aliphatic carbocycles. The second-order valence-electron chi connectivity index (χ2n) is 5.64. The highest BCUT2D eigenvalue weighted by molar-refractivity contribution is 6.43. The number of aromatic amines is 1. The number of halogens is 1. The number of aromatic nitrogens is 3. The van der Waals surface area contributed by atoms with Crippen molar-refractivity contribution in [2.75, 3.05) is 7.11 Å². The molecule has 8 heteroatoms. The summed E-state index contributed by atoms with van der Waals surface area (Å²) in [6.45, 7) is 0.166. The van der Waals surface area contributed by atoms with Gasteiger partial charge in [-0.15, -0.1) is 5.10 Å².